The quantitative estimate of drug-likeness (QED) is 0.713. The lowest BCUT2D eigenvalue weighted by Crippen LogP contribution is -2.19. The van der Waals surface area contributed by atoms with Crippen molar-refractivity contribution in [2.45, 2.75) is 13.8 Å². The molecule has 2 N–H and O–H groups in total. The first-order valence-electron chi connectivity index (χ1n) is 4.55. The molecule has 14 heavy (non-hydrogen) atoms. The second-order valence-corrected chi connectivity index (χ2v) is 3.38. The summed E-state index contributed by atoms with van der Waals surface area (Å²) in [4.78, 5) is 11.6. The molecule has 0 aliphatic rings. The van der Waals surface area contributed by atoms with Gasteiger partial charge in [0.25, 0.3) is 0 Å². The van der Waals surface area contributed by atoms with Crippen LogP contribution in [0, 0.1) is 13.8 Å². The number of hydrogen-bond donors (Lipinski definition) is 2. The number of phenols is 1. The number of aromatic hydroxyl groups is 1. The van der Waals surface area contributed by atoms with E-state index in [2.05, 4.69) is 5.32 Å². The molecule has 0 amide bonds. The third-order valence-electron chi connectivity index (χ3n) is 2.20. The average molecular weight is 193 g/mol. The molecule has 0 bridgehead atoms. The van der Waals surface area contributed by atoms with Gasteiger partial charge >= 0.3 is 0 Å². The maximum atomic E-state index is 11.6. The van der Waals surface area contributed by atoms with Gasteiger partial charge in [0.1, 0.15) is 5.75 Å². The van der Waals surface area contributed by atoms with Gasteiger partial charge in [-0.15, -0.1) is 0 Å². The number of hydrogen-bond acceptors (Lipinski definition) is 3. The van der Waals surface area contributed by atoms with Crippen LogP contribution >= 0.6 is 0 Å². The van der Waals surface area contributed by atoms with Gasteiger partial charge in [-0.05, 0) is 32.0 Å². The molecule has 0 saturated carbocycles. The van der Waals surface area contributed by atoms with E-state index in [1.54, 1.807) is 20.0 Å². The minimum atomic E-state index is -0.0776. The smallest absolute Gasteiger partial charge is 0.180 e. The summed E-state index contributed by atoms with van der Waals surface area (Å²) >= 11 is 0. The summed E-state index contributed by atoms with van der Waals surface area (Å²) in [6.45, 7) is 3.85. The van der Waals surface area contributed by atoms with Gasteiger partial charge in [-0.1, -0.05) is 12.1 Å². The van der Waals surface area contributed by atoms with E-state index in [1.165, 1.54) is 0 Å². The van der Waals surface area contributed by atoms with Crippen molar-refractivity contribution in [1.29, 1.82) is 0 Å². The van der Waals surface area contributed by atoms with Crippen LogP contribution in [-0.2, 0) is 0 Å². The summed E-state index contributed by atoms with van der Waals surface area (Å²) in [6, 6.07) is 3.65. The van der Waals surface area contributed by atoms with Crippen molar-refractivity contribution in [3.05, 3.63) is 28.8 Å². The van der Waals surface area contributed by atoms with Gasteiger partial charge in [0.2, 0.25) is 0 Å². The Balaban J connectivity index is 3.18. The minimum absolute atomic E-state index is 0.0776. The van der Waals surface area contributed by atoms with Crippen LogP contribution in [0.5, 0.6) is 5.75 Å². The van der Waals surface area contributed by atoms with Crippen LogP contribution in [0.4, 0.5) is 0 Å². The van der Waals surface area contributed by atoms with Gasteiger partial charge < -0.3 is 10.4 Å². The maximum Gasteiger partial charge on any atom is 0.180 e. The summed E-state index contributed by atoms with van der Waals surface area (Å²) in [6.07, 6.45) is 0. The normalized spacial score (nSPS) is 10.2. The topological polar surface area (TPSA) is 49.3 Å². The Kier molecular flexibility index (Phi) is 3.25. The fourth-order valence-corrected chi connectivity index (χ4v) is 1.40. The lowest BCUT2D eigenvalue weighted by Gasteiger charge is -2.09. The molecule has 0 aliphatic carbocycles. The van der Waals surface area contributed by atoms with Crippen molar-refractivity contribution in [3.63, 3.8) is 0 Å². The fraction of sp³-hybridized carbons (Fsp3) is 0.364. The van der Waals surface area contributed by atoms with Crippen molar-refractivity contribution in [2.24, 2.45) is 0 Å². The zero-order valence-electron chi connectivity index (χ0n) is 8.72. The molecule has 0 aromatic heterocycles. The number of Topliss-reactive ketones (excluding diaryl/α,β-unsaturated/α-hetero) is 1. The number of rotatable bonds is 3. The van der Waals surface area contributed by atoms with Crippen molar-refractivity contribution in [1.82, 2.24) is 5.32 Å². The molecule has 0 saturated heterocycles. The highest BCUT2D eigenvalue weighted by Gasteiger charge is 2.14. The van der Waals surface area contributed by atoms with Gasteiger partial charge in [-0.2, -0.15) is 0 Å². The molecule has 0 radical (unpaired) electrons. The molecule has 1 aromatic carbocycles. The number of phenolic OH excluding ortho intramolecular Hbond substituents is 1. The molecule has 1 aromatic rings. The fourth-order valence-electron chi connectivity index (χ4n) is 1.40. The molecule has 0 fully saturated rings. The highest BCUT2D eigenvalue weighted by molar-refractivity contribution is 6.01. The summed E-state index contributed by atoms with van der Waals surface area (Å²) in [5.41, 5.74) is 1.97. The molecule has 0 unspecified atom stereocenters. The zero-order chi connectivity index (χ0) is 10.7. The SMILES string of the molecule is CNCC(=O)c1c(C)ccc(C)c1O. The number of likely N-dealkylation sites (N-methyl/N-ethyl adjacent to an activating group) is 1. The Hall–Kier alpha value is -1.35. The van der Waals surface area contributed by atoms with Crippen molar-refractivity contribution >= 4 is 5.78 Å². The van der Waals surface area contributed by atoms with Crippen LogP contribution in [0.3, 0.4) is 0 Å². The zero-order valence-corrected chi connectivity index (χ0v) is 8.72. The van der Waals surface area contributed by atoms with Crippen LogP contribution in [0.1, 0.15) is 21.5 Å². The Labute approximate surface area is 83.8 Å². The van der Waals surface area contributed by atoms with E-state index in [1.807, 2.05) is 13.0 Å². The van der Waals surface area contributed by atoms with Gasteiger partial charge in [0.15, 0.2) is 5.78 Å². The van der Waals surface area contributed by atoms with Gasteiger partial charge in [0.05, 0.1) is 12.1 Å². The first kappa shape index (κ1) is 10.7. The van der Waals surface area contributed by atoms with E-state index in [0.717, 1.165) is 11.1 Å². The molecular weight excluding hydrogens is 178 g/mol. The number of nitrogens with one attached hydrogen (secondary N) is 1. The van der Waals surface area contributed by atoms with Crippen LogP contribution in [0.15, 0.2) is 12.1 Å². The minimum Gasteiger partial charge on any atom is -0.507 e. The predicted octanol–water partition coefficient (Wildman–Crippen LogP) is 1.41. The molecule has 0 atom stereocenters. The van der Waals surface area contributed by atoms with E-state index in [4.69, 9.17) is 0 Å². The predicted molar refractivity (Wildman–Crippen MR) is 55.8 cm³/mol. The number of ketones is 1. The van der Waals surface area contributed by atoms with Gasteiger partial charge in [-0.3, -0.25) is 4.79 Å². The second-order valence-electron chi connectivity index (χ2n) is 3.38. The third-order valence-corrected chi connectivity index (χ3v) is 2.20. The molecule has 3 nitrogen and oxygen atoms in total. The number of benzene rings is 1. The van der Waals surface area contributed by atoms with Crippen LogP contribution in [0.2, 0.25) is 0 Å². The van der Waals surface area contributed by atoms with Crippen molar-refractivity contribution in [2.75, 3.05) is 13.6 Å². The number of carbonyl (C=O) groups excluding carboxylic acids is 1. The lowest BCUT2D eigenvalue weighted by atomic mass is 10.0. The highest BCUT2D eigenvalue weighted by Crippen LogP contribution is 2.25. The summed E-state index contributed by atoms with van der Waals surface area (Å²) < 4.78 is 0. The van der Waals surface area contributed by atoms with Crippen molar-refractivity contribution < 1.29 is 9.90 Å². The lowest BCUT2D eigenvalue weighted by molar-refractivity contribution is 0.0990. The van der Waals surface area contributed by atoms with E-state index in [0.29, 0.717) is 5.56 Å². The van der Waals surface area contributed by atoms with Crippen LogP contribution in [0.25, 0.3) is 0 Å². The summed E-state index contributed by atoms with van der Waals surface area (Å²) in [5, 5.41) is 12.5. The number of aryl methyl sites for hydroxylation is 2. The number of carbonyl (C=O) groups is 1. The van der Waals surface area contributed by atoms with E-state index in [9.17, 15) is 9.90 Å². The Morgan fingerprint density at radius 2 is 1.93 bits per heavy atom. The molecule has 0 spiro atoms. The van der Waals surface area contributed by atoms with Crippen LogP contribution in [-0.4, -0.2) is 24.5 Å². The second kappa shape index (κ2) is 4.24. The monoisotopic (exact) mass is 193 g/mol. The molecule has 1 rings (SSSR count). The maximum absolute atomic E-state index is 11.6. The van der Waals surface area contributed by atoms with Crippen molar-refractivity contribution in [3.8, 4) is 5.75 Å². The van der Waals surface area contributed by atoms with E-state index >= 15 is 0 Å². The Morgan fingerprint density at radius 1 is 1.36 bits per heavy atom. The van der Waals surface area contributed by atoms with Gasteiger partial charge in [0, 0.05) is 0 Å². The Morgan fingerprint density at radius 3 is 2.50 bits per heavy atom. The molecule has 0 aliphatic heterocycles. The van der Waals surface area contributed by atoms with E-state index in [-0.39, 0.29) is 18.1 Å². The van der Waals surface area contributed by atoms with Crippen LogP contribution < -0.4 is 5.32 Å². The third kappa shape index (κ3) is 1.93. The Bertz CT molecular complexity index is 359. The summed E-state index contributed by atoms with van der Waals surface area (Å²) in [7, 11) is 1.71. The standard InChI is InChI=1S/C11H15NO2/c1-7-4-5-8(2)11(14)10(7)9(13)6-12-3/h4-5,12,14H,6H2,1-3H3. The molecule has 3 heteroatoms. The van der Waals surface area contributed by atoms with Gasteiger partial charge in [-0.25, -0.2) is 0 Å². The highest BCUT2D eigenvalue weighted by atomic mass is 16.3. The first-order valence-corrected chi connectivity index (χ1v) is 4.55. The van der Waals surface area contributed by atoms with E-state index < -0.39 is 0 Å². The molecule has 76 valence electrons. The molecular formula is C11H15NO2. The first-order chi connectivity index (χ1) is 6.57. The average Bonchev–Trinajstić information content (AvgIpc) is 2.13. The molecule has 0 heterocycles. The largest absolute Gasteiger partial charge is 0.507 e. The summed E-state index contributed by atoms with van der Waals surface area (Å²) in [5.74, 6) is 0.0245.